The normalized spacial score (nSPS) is 10.6. The molecule has 0 aliphatic heterocycles. The Kier molecular flexibility index (Phi) is 7.51. The number of hydrogen-bond donors (Lipinski definition) is 2. The zero-order chi connectivity index (χ0) is 21.5. The first-order valence-corrected chi connectivity index (χ1v) is 10.1. The van der Waals surface area contributed by atoms with Gasteiger partial charge in [-0.2, -0.15) is 5.10 Å². The fourth-order valence-electron chi connectivity index (χ4n) is 2.35. The Bertz CT molecular complexity index is 1110. The quantitative estimate of drug-likeness (QED) is 0.151. The molecule has 2 N–H and O–H groups in total. The Hall–Kier alpha value is -2.81. The standard InChI is InChI=1S/C21H14BrClFN3O2S/c22-14-5-10-19(29-20(28)17-3-1-2-4-18(17)23)13(11-14)12-25-27-21(30)26-16-8-6-15(24)7-9-16/h1-12H,(H2,26,27,30)/b25-12-. The highest BCUT2D eigenvalue weighted by atomic mass is 79.9. The summed E-state index contributed by atoms with van der Waals surface area (Å²) >= 11 is 14.6. The number of hydrogen-bond acceptors (Lipinski definition) is 4. The van der Waals surface area contributed by atoms with Crippen molar-refractivity contribution in [2.45, 2.75) is 0 Å². The number of benzene rings is 3. The van der Waals surface area contributed by atoms with Crippen LogP contribution in [0, 0.1) is 5.82 Å². The van der Waals surface area contributed by atoms with Gasteiger partial charge in [0.2, 0.25) is 0 Å². The van der Waals surface area contributed by atoms with Crippen molar-refractivity contribution in [2.24, 2.45) is 5.10 Å². The number of anilines is 1. The van der Waals surface area contributed by atoms with Crippen molar-refractivity contribution in [3.8, 4) is 5.75 Å². The summed E-state index contributed by atoms with van der Waals surface area (Å²) < 4.78 is 19.2. The van der Waals surface area contributed by atoms with E-state index in [1.54, 1.807) is 54.6 Å². The first kappa shape index (κ1) is 21.9. The van der Waals surface area contributed by atoms with Crippen LogP contribution < -0.4 is 15.5 Å². The van der Waals surface area contributed by atoms with Crippen molar-refractivity contribution >= 4 is 62.7 Å². The van der Waals surface area contributed by atoms with E-state index in [4.69, 9.17) is 28.6 Å². The lowest BCUT2D eigenvalue weighted by Crippen LogP contribution is -2.23. The van der Waals surface area contributed by atoms with Gasteiger partial charge in [0, 0.05) is 15.7 Å². The van der Waals surface area contributed by atoms with Gasteiger partial charge in [-0.15, -0.1) is 0 Å². The van der Waals surface area contributed by atoms with Gasteiger partial charge in [-0.1, -0.05) is 39.7 Å². The number of halogens is 3. The maximum absolute atomic E-state index is 13.0. The molecule has 3 aromatic carbocycles. The lowest BCUT2D eigenvalue weighted by Gasteiger charge is -2.09. The maximum Gasteiger partial charge on any atom is 0.345 e. The van der Waals surface area contributed by atoms with E-state index < -0.39 is 5.97 Å². The lowest BCUT2D eigenvalue weighted by atomic mass is 10.2. The van der Waals surface area contributed by atoms with E-state index in [9.17, 15) is 9.18 Å². The van der Waals surface area contributed by atoms with E-state index in [0.29, 0.717) is 22.0 Å². The average Bonchev–Trinajstić information content (AvgIpc) is 2.72. The number of nitrogens with zero attached hydrogens (tertiary/aromatic N) is 1. The molecule has 30 heavy (non-hydrogen) atoms. The molecular formula is C21H14BrClFN3O2S. The van der Waals surface area contributed by atoms with Gasteiger partial charge in [0.1, 0.15) is 11.6 Å². The topological polar surface area (TPSA) is 62.7 Å². The van der Waals surface area contributed by atoms with Crippen molar-refractivity contribution in [2.75, 3.05) is 5.32 Å². The predicted molar refractivity (Wildman–Crippen MR) is 124 cm³/mol. The summed E-state index contributed by atoms with van der Waals surface area (Å²) in [4.78, 5) is 12.4. The van der Waals surface area contributed by atoms with Crippen molar-refractivity contribution < 1.29 is 13.9 Å². The molecule has 3 rings (SSSR count). The average molecular weight is 507 g/mol. The maximum atomic E-state index is 13.0. The van der Waals surface area contributed by atoms with Gasteiger partial charge in [-0.25, -0.2) is 9.18 Å². The van der Waals surface area contributed by atoms with Gasteiger partial charge in [0.25, 0.3) is 0 Å². The molecule has 0 saturated heterocycles. The predicted octanol–water partition coefficient (Wildman–Crippen LogP) is 5.78. The van der Waals surface area contributed by atoms with Crippen LogP contribution in [0.4, 0.5) is 10.1 Å². The summed E-state index contributed by atoms with van der Waals surface area (Å²) in [5, 5.41) is 7.45. The molecule has 152 valence electrons. The van der Waals surface area contributed by atoms with E-state index in [0.717, 1.165) is 4.47 Å². The molecule has 0 aliphatic rings. The third-order valence-corrected chi connectivity index (χ3v) is 4.76. The molecule has 0 unspecified atom stereocenters. The van der Waals surface area contributed by atoms with Crippen LogP contribution in [-0.4, -0.2) is 17.3 Å². The second-order valence-corrected chi connectivity index (χ2v) is 7.61. The monoisotopic (exact) mass is 505 g/mol. The van der Waals surface area contributed by atoms with Crippen LogP contribution >= 0.6 is 39.7 Å². The number of hydrazone groups is 1. The highest BCUT2D eigenvalue weighted by Gasteiger charge is 2.14. The number of carbonyl (C=O) groups is 1. The molecule has 0 heterocycles. The third-order valence-electron chi connectivity index (χ3n) is 3.74. The zero-order valence-corrected chi connectivity index (χ0v) is 18.4. The number of carbonyl (C=O) groups excluding carboxylic acids is 1. The van der Waals surface area contributed by atoms with Gasteiger partial charge in [-0.05, 0) is 66.8 Å². The second-order valence-electron chi connectivity index (χ2n) is 5.88. The van der Waals surface area contributed by atoms with Crippen molar-refractivity contribution in [3.63, 3.8) is 0 Å². The largest absolute Gasteiger partial charge is 0.422 e. The molecule has 0 spiro atoms. The van der Waals surface area contributed by atoms with Gasteiger partial charge < -0.3 is 10.1 Å². The summed E-state index contributed by atoms with van der Waals surface area (Å²) in [6.07, 6.45) is 1.46. The van der Waals surface area contributed by atoms with E-state index in [1.165, 1.54) is 18.3 Å². The minimum atomic E-state index is -0.584. The Balaban J connectivity index is 1.68. The summed E-state index contributed by atoms with van der Waals surface area (Å²) in [6.45, 7) is 0. The second kappa shape index (κ2) is 10.3. The van der Waals surface area contributed by atoms with Crippen LogP contribution in [0.3, 0.4) is 0 Å². The Morgan fingerprint density at radius 2 is 1.87 bits per heavy atom. The third kappa shape index (κ3) is 6.09. The smallest absolute Gasteiger partial charge is 0.345 e. The molecule has 9 heteroatoms. The first-order chi connectivity index (χ1) is 14.4. The van der Waals surface area contributed by atoms with Crippen LogP contribution in [0.25, 0.3) is 0 Å². The molecule has 0 fully saturated rings. The van der Waals surface area contributed by atoms with E-state index in [-0.39, 0.29) is 16.5 Å². The lowest BCUT2D eigenvalue weighted by molar-refractivity contribution is 0.0734. The summed E-state index contributed by atoms with van der Waals surface area (Å²) in [7, 11) is 0. The van der Waals surface area contributed by atoms with Crippen LogP contribution in [0.15, 0.2) is 76.3 Å². The Morgan fingerprint density at radius 1 is 1.13 bits per heavy atom. The van der Waals surface area contributed by atoms with Crippen molar-refractivity contribution in [3.05, 3.63) is 93.2 Å². The zero-order valence-electron chi connectivity index (χ0n) is 15.2. The fourth-order valence-corrected chi connectivity index (χ4v) is 3.11. The summed E-state index contributed by atoms with van der Waals surface area (Å²) in [6, 6.07) is 17.5. The highest BCUT2D eigenvalue weighted by Crippen LogP contribution is 2.24. The Labute approximate surface area is 191 Å². The molecule has 0 aliphatic carbocycles. The SMILES string of the molecule is O=C(Oc1ccc(Br)cc1/C=N\NC(=S)Nc1ccc(F)cc1)c1ccccc1Cl. The van der Waals surface area contributed by atoms with Gasteiger partial charge >= 0.3 is 5.97 Å². The molecule has 0 atom stereocenters. The van der Waals surface area contributed by atoms with Crippen molar-refractivity contribution in [1.82, 2.24) is 5.43 Å². The van der Waals surface area contributed by atoms with Crippen molar-refractivity contribution in [1.29, 1.82) is 0 Å². The Morgan fingerprint density at radius 3 is 2.60 bits per heavy atom. The fraction of sp³-hybridized carbons (Fsp3) is 0. The molecule has 0 bridgehead atoms. The molecule has 3 aromatic rings. The number of nitrogens with one attached hydrogen (secondary N) is 2. The number of rotatable bonds is 5. The summed E-state index contributed by atoms with van der Waals surface area (Å²) in [5.74, 6) is -0.629. The molecule has 0 saturated carbocycles. The van der Waals surface area contributed by atoms with Gasteiger partial charge in [0.05, 0.1) is 16.8 Å². The first-order valence-electron chi connectivity index (χ1n) is 8.54. The molecule has 0 aromatic heterocycles. The molecule has 5 nitrogen and oxygen atoms in total. The van der Waals surface area contributed by atoms with Gasteiger partial charge in [0.15, 0.2) is 5.11 Å². The van der Waals surface area contributed by atoms with Gasteiger partial charge in [-0.3, -0.25) is 5.43 Å². The number of ether oxygens (including phenoxy) is 1. The van der Waals surface area contributed by atoms with E-state index in [1.807, 2.05) is 0 Å². The van der Waals surface area contributed by atoms with Crippen LogP contribution in [0.1, 0.15) is 15.9 Å². The number of thiocarbonyl (C=S) groups is 1. The van der Waals surface area contributed by atoms with Crippen LogP contribution in [0.5, 0.6) is 5.75 Å². The van der Waals surface area contributed by atoms with Crippen LogP contribution in [0.2, 0.25) is 5.02 Å². The number of esters is 1. The molecule has 0 radical (unpaired) electrons. The van der Waals surface area contributed by atoms with E-state index in [2.05, 4.69) is 31.8 Å². The molecule has 0 amide bonds. The minimum Gasteiger partial charge on any atom is -0.422 e. The van der Waals surface area contributed by atoms with E-state index >= 15 is 0 Å². The summed E-state index contributed by atoms with van der Waals surface area (Å²) in [5.41, 5.74) is 4.05. The highest BCUT2D eigenvalue weighted by molar-refractivity contribution is 9.10. The molecular weight excluding hydrogens is 493 g/mol. The van der Waals surface area contributed by atoms with Crippen LogP contribution in [-0.2, 0) is 0 Å². The minimum absolute atomic E-state index is 0.211.